The summed E-state index contributed by atoms with van der Waals surface area (Å²) in [6.07, 6.45) is -1.99. The molecule has 23 heavy (non-hydrogen) atoms. The lowest BCUT2D eigenvalue weighted by atomic mass is 10.0. The van der Waals surface area contributed by atoms with Gasteiger partial charge in [0.25, 0.3) is 0 Å². The lowest BCUT2D eigenvalue weighted by molar-refractivity contribution is -0.139. The number of halogens is 3. The number of carboxylic acid groups (broad SMARTS) is 1. The Morgan fingerprint density at radius 1 is 1.39 bits per heavy atom. The van der Waals surface area contributed by atoms with Crippen LogP contribution >= 0.6 is 0 Å². The lowest BCUT2D eigenvalue weighted by Crippen LogP contribution is -2.30. The third kappa shape index (κ3) is 7.99. The number of aliphatic hydroxyl groups excluding tert-OH is 1. The molecule has 3 N–H and O–H groups in total. The van der Waals surface area contributed by atoms with E-state index in [-0.39, 0.29) is 18.6 Å². The highest BCUT2D eigenvalue weighted by molar-refractivity contribution is 5.72. The molecule has 130 valence electrons. The first-order chi connectivity index (χ1) is 10.7. The molecule has 0 saturated heterocycles. The fraction of sp³-hybridized carbons (Fsp3) is 0.562. The SMILES string of the molecule is CC(Cc1cccc(C(F)(F)F)c1)NCCO.O=C(O)C1CC1. The Kier molecular flexibility index (Phi) is 7.51. The first-order valence-corrected chi connectivity index (χ1v) is 7.47. The van der Waals surface area contributed by atoms with Crippen molar-refractivity contribution in [3.63, 3.8) is 0 Å². The molecule has 0 radical (unpaired) electrons. The average molecular weight is 333 g/mol. The van der Waals surface area contributed by atoms with E-state index < -0.39 is 17.7 Å². The van der Waals surface area contributed by atoms with Gasteiger partial charge < -0.3 is 15.5 Å². The van der Waals surface area contributed by atoms with Crippen LogP contribution in [0.1, 0.15) is 30.9 Å². The molecule has 1 aliphatic carbocycles. The molecule has 0 aliphatic heterocycles. The van der Waals surface area contributed by atoms with Gasteiger partial charge in [0.1, 0.15) is 0 Å². The third-order valence-corrected chi connectivity index (χ3v) is 3.33. The number of rotatable bonds is 6. The van der Waals surface area contributed by atoms with Crippen LogP contribution in [0.25, 0.3) is 0 Å². The van der Waals surface area contributed by atoms with Crippen molar-refractivity contribution in [2.75, 3.05) is 13.2 Å². The van der Waals surface area contributed by atoms with Crippen molar-refractivity contribution in [3.05, 3.63) is 35.4 Å². The zero-order chi connectivity index (χ0) is 17.5. The standard InChI is InChI=1S/C12H16F3NO.C4H6O2/c1-9(16-5-6-17)7-10-3-2-4-11(8-10)12(13,14)15;5-4(6)3-1-2-3/h2-4,8-9,16-17H,5-7H2,1H3;3H,1-2H2,(H,5,6). The zero-order valence-corrected chi connectivity index (χ0v) is 12.9. The van der Waals surface area contributed by atoms with Gasteiger partial charge in [0.05, 0.1) is 18.1 Å². The number of carbonyl (C=O) groups is 1. The van der Waals surface area contributed by atoms with Crippen LogP contribution in [0.15, 0.2) is 24.3 Å². The number of nitrogens with one attached hydrogen (secondary N) is 1. The smallest absolute Gasteiger partial charge is 0.416 e. The van der Waals surface area contributed by atoms with Crippen LogP contribution < -0.4 is 5.32 Å². The van der Waals surface area contributed by atoms with Crippen molar-refractivity contribution in [1.82, 2.24) is 5.32 Å². The van der Waals surface area contributed by atoms with Crippen molar-refractivity contribution < 1.29 is 28.2 Å². The van der Waals surface area contributed by atoms with Gasteiger partial charge in [-0.2, -0.15) is 13.2 Å². The Labute approximate surface area is 133 Å². The highest BCUT2D eigenvalue weighted by Gasteiger charge is 2.30. The number of benzene rings is 1. The largest absolute Gasteiger partial charge is 0.481 e. The summed E-state index contributed by atoms with van der Waals surface area (Å²) in [5.74, 6) is -0.611. The van der Waals surface area contributed by atoms with Crippen molar-refractivity contribution in [2.45, 2.75) is 38.4 Å². The first-order valence-electron chi connectivity index (χ1n) is 7.47. The number of hydrogen-bond acceptors (Lipinski definition) is 3. The molecule has 2 rings (SSSR count). The molecule has 1 atom stereocenters. The van der Waals surface area contributed by atoms with Gasteiger partial charge in [-0.05, 0) is 37.8 Å². The van der Waals surface area contributed by atoms with Crippen molar-refractivity contribution in [3.8, 4) is 0 Å². The van der Waals surface area contributed by atoms with E-state index in [1.165, 1.54) is 6.07 Å². The highest BCUT2D eigenvalue weighted by Crippen LogP contribution is 2.29. The minimum Gasteiger partial charge on any atom is -0.481 e. The molecule has 0 aromatic heterocycles. The van der Waals surface area contributed by atoms with E-state index in [2.05, 4.69) is 5.32 Å². The van der Waals surface area contributed by atoms with Gasteiger partial charge in [0.15, 0.2) is 0 Å². The molecule has 4 nitrogen and oxygen atoms in total. The van der Waals surface area contributed by atoms with E-state index in [1.54, 1.807) is 6.07 Å². The molecular weight excluding hydrogens is 311 g/mol. The molecule has 1 aromatic rings. The van der Waals surface area contributed by atoms with Gasteiger partial charge in [0, 0.05) is 12.6 Å². The van der Waals surface area contributed by atoms with Gasteiger partial charge >= 0.3 is 12.1 Å². The van der Waals surface area contributed by atoms with E-state index in [0.717, 1.165) is 25.0 Å². The van der Waals surface area contributed by atoms with Crippen LogP contribution in [-0.2, 0) is 17.4 Å². The Bertz CT molecular complexity index is 502. The summed E-state index contributed by atoms with van der Waals surface area (Å²) in [6, 6.07) is 5.35. The predicted molar refractivity (Wildman–Crippen MR) is 80.1 cm³/mol. The third-order valence-electron chi connectivity index (χ3n) is 3.33. The summed E-state index contributed by atoms with van der Waals surface area (Å²) in [5.41, 5.74) is 0.0159. The Balaban J connectivity index is 0.000000366. The first kappa shape index (κ1) is 19.4. The second-order valence-corrected chi connectivity index (χ2v) is 5.59. The number of aliphatic carboxylic acids is 1. The maximum Gasteiger partial charge on any atom is 0.416 e. The number of alkyl halides is 3. The summed E-state index contributed by atoms with van der Waals surface area (Å²) in [4.78, 5) is 9.76. The van der Waals surface area contributed by atoms with E-state index >= 15 is 0 Å². The summed E-state index contributed by atoms with van der Waals surface area (Å²) in [5, 5.41) is 19.7. The van der Waals surface area contributed by atoms with Gasteiger partial charge in [-0.3, -0.25) is 4.79 Å². The van der Waals surface area contributed by atoms with Crippen LogP contribution in [-0.4, -0.2) is 35.4 Å². The van der Waals surface area contributed by atoms with Crippen LogP contribution in [0.5, 0.6) is 0 Å². The molecule has 1 aliphatic rings. The minimum absolute atomic E-state index is 0.0185. The quantitative estimate of drug-likeness (QED) is 0.749. The summed E-state index contributed by atoms with van der Waals surface area (Å²) in [6.45, 7) is 2.34. The fourth-order valence-electron chi connectivity index (χ4n) is 1.94. The Morgan fingerprint density at radius 3 is 2.48 bits per heavy atom. The summed E-state index contributed by atoms with van der Waals surface area (Å²) in [7, 11) is 0. The van der Waals surface area contributed by atoms with Crippen LogP contribution in [0.3, 0.4) is 0 Å². The minimum atomic E-state index is -4.29. The molecule has 1 unspecified atom stereocenters. The van der Waals surface area contributed by atoms with E-state index in [4.69, 9.17) is 10.2 Å². The highest BCUT2D eigenvalue weighted by atomic mass is 19.4. The van der Waals surface area contributed by atoms with Gasteiger partial charge in [0.2, 0.25) is 0 Å². The predicted octanol–water partition coefficient (Wildman–Crippen LogP) is 2.70. The van der Waals surface area contributed by atoms with Gasteiger partial charge in [-0.25, -0.2) is 0 Å². The van der Waals surface area contributed by atoms with Crippen LogP contribution in [0.4, 0.5) is 13.2 Å². The van der Waals surface area contributed by atoms with Crippen molar-refractivity contribution in [1.29, 1.82) is 0 Å². The van der Waals surface area contributed by atoms with E-state index in [0.29, 0.717) is 18.5 Å². The summed E-state index contributed by atoms with van der Waals surface area (Å²) >= 11 is 0. The molecule has 0 heterocycles. The summed E-state index contributed by atoms with van der Waals surface area (Å²) < 4.78 is 37.4. The normalized spacial score (nSPS) is 15.5. The van der Waals surface area contributed by atoms with Gasteiger partial charge in [-0.15, -0.1) is 0 Å². The monoisotopic (exact) mass is 333 g/mol. The molecule has 0 amide bonds. The average Bonchev–Trinajstić information content (AvgIpc) is 3.30. The van der Waals surface area contributed by atoms with Crippen molar-refractivity contribution >= 4 is 5.97 Å². The van der Waals surface area contributed by atoms with Crippen LogP contribution in [0.2, 0.25) is 0 Å². The molecule has 0 bridgehead atoms. The second kappa shape index (κ2) is 8.88. The maximum absolute atomic E-state index is 12.5. The molecule has 1 aromatic carbocycles. The number of aliphatic hydroxyl groups is 1. The topological polar surface area (TPSA) is 69.6 Å². The Morgan fingerprint density at radius 2 is 2.04 bits per heavy atom. The van der Waals surface area contributed by atoms with Gasteiger partial charge in [-0.1, -0.05) is 18.2 Å². The van der Waals surface area contributed by atoms with E-state index in [9.17, 15) is 18.0 Å². The molecule has 1 saturated carbocycles. The number of hydrogen-bond donors (Lipinski definition) is 3. The van der Waals surface area contributed by atoms with E-state index in [1.807, 2.05) is 6.92 Å². The zero-order valence-electron chi connectivity index (χ0n) is 12.9. The Hall–Kier alpha value is -1.60. The maximum atomic E-state index is 12.5. The molecule has 7 heteroatoms. The molecule has 0 spiro atoms. The molecular formula is C16H22F3NO3. The number of carboxylic acids is 1. The molecule has 1 fully saturated rings. The second-order valence-electron chi connectivity index (χ2n) is 5.59. The van der Waals surface area contributed by atoms with Crippen molar-refractivity contribution in [2.24, 2.45) is 5.92 Å². The lowest BCUT2D eigenvalue weighted by Gasteiger charge is -2.14. The fourth-order valence-corrected chi connectivity index (χ4v) is 1.94. The van der Waals surface area contributed by atoms with Crippen LogP contribution in [0, 0.1) is 5.92 Å².